The van der Waals surface area contributed by atoms with Crippen molar-refractivity contribution in [2.45, 2.75) is 31.7 Å². The fraction of sp³-hybridized carbons (Fsp3) is 0.417. The molecule has 0 bridgehead atoms. The van der Waals surface area contributed by atoms with E-state index in [0.29, 0.717) is 5.56 Å². The Morgan fingerprint density at radius 1 is 1.53 bits per heavy atom. The van der Waals surface area contributed by atoms with Crippen LogP contribution in [0.1, 0.15) is 24.5 Å². The van der Waals surface area contributed by atoms with E-state index in [2.05, 4.69) is 0 Å². The number of halogens is 2. The smallest absolute Gasteiger partial charge is 0.320 e. The summed E-state index contributed by atoms with van der Waals surface area (Å²) in [5, 5.41) is 8.65. The normalized spacial score (nSPS) is 13.4. The van der Waals surface area contributed by atoms with Gasteiger partial charge in [-0.15, -0.1) is 0 Å². The molecule has 1 atom stereocenters. The van der Waals surface area contributed by atoms with Gasteiger partial charge in [0.15, 0.2) is 0 Å². The van der Waals surface area contributed by atoms with Gasteiger partial charge in [0.05, 0.1) is 0 Å². The van der Waals surface area contributed by atoms with E-state index < -0.39 is 17.9 Å². The number of aliphatic carboxylic acids is 1. The highest BCUT2D eigenvalue weighted by Crippen LogP contribution is 2.31. The van der Waals surface area contributed by atoms with Gasteiger partial charge in [0, 0.05) is 12.0 Å². The van der Waals surface area contributed by atoms with Crippen LogP contribution in [0.4, 0.5) is 8.78 Å². The first-order chi connectivity index (χ1) is 7.86. The first-order valence-electron chi connectivity index (χ1n) is 5.32. The third kappa shape index (κ3) is 3.49. The van der Waals surface area contributed by atoms with Crippen LogP contribution in [-0.2, 0) is 17.1 Å². The second-order valence-electron chi connectivity index (χ2n) is 3.91. The average molecular weight is 243 g/mol. The lowest BCUT2D eigenvalue weighted by Gasteiger charge is -2.15. The molecule has 0 amide bonds. The number of hydrogen-bond acceptors (Lipinski definition) is 2. The predicted octanol–water partition coefficient (Wildman–Crippen LogP) is 2.14. The monoisotopic (exact) mass is 243 g/mol. The Balaban J connectivity index is 2.90. The van der Waals surface area contributed by atoms with E-state index in [4.69, 9.17) is 10.8 Å². The third-order valence-electron chi connectivity index (χ3n) is 2.57. The standard InChI is InChI=1S/C12H15F2NO2/c1-2-12(13,14)9-5-3-4-8(6-9)7-10(15)11(16)17/h3-6,10H,2,7,15H2,1H3,(H,16,17). The maximum atomic E-state index is 13.4. The number of rotatable bonds is 5. The molecule has 0 spiro atoms. The van der Waals surface area contributed by atoms with Gasteiger partial charge in [0.2, 0.25) is 0 Å². The molecule has 1 unspecified atom stereocenters. The molecule has 1 rings (SSSR count). The first kappa shape index (κ1) is 13.6. The maximum Gasteiger partial charge on any atom is 0.320 e. The first-order valence-corrected chi connectivity index (χ1v) is 5.32. The van der Waals surface area contributed by atoms with Crippen LogP contribution < -0.4 is 5.73 Å². The highest BCUT2D eigenvalue weighted by molar-refractivity contribution is 5.73. The largest absolute Gasteiger partial charge is 0.480 e. The van der Waals surface area contributed by atoms with Crippen molar-refractivity contribution in [1.82, 2.24) is 0 Å². The van der Waals surface area contributed by atoms with Gasteiger partial charge >= 0.3 is 5.97 Å². The molecule has 1 aromatic carbocycles. The van der Waals surface area contributed by atoms with E-state index in [-0.39, 0.29) is 18.4 Å². The minimum Gasteiger partial charge on any atom is -0.480 e. The number of carbonyl (C=O) groups is 1. The summed E-state index contributed by atoms with van der Waals surface area (Å²) in [6.45, 7) is 1.40. The molecule has 17 heavy (non-hydrogen) atoms. The van der Waals surface area contributed by atoms with Crippen LogP contribution >= 0.6 is 0 Å². The summed E-state index contributed by atoms with van der Waals surface area (Å²) in [6, 6.07) is 4.66. The minimum atomic E-state index is -2.89. The summed E-state index contributed by atoms with van der Waals surface area (Å²) >= 11 is 0. The van der Waals surface area contributed by atoms with Crippen LogP contribution in [0.2, 0.25) is 0 Å². The van der Waals surface area contributed by atoms with E-state index in [9.17, 15) is 13.6 Å². The van der Waals surface area contributed by atoms with Crippen LogP contribution in [0, 0.1) is 0 Å². The lowest BCUT2D eigenvalue weighted by atomic mass is 10.00. The van der Waals surface area contributed by atoms with E-state index in [1.165, 1.54) is 25.1 Å². The predicted molar refractivity (Wildman–Crippen MR) is 59.9 cm³/mol. The molecule has 0 aliphatic rings. The maximum absolute atomic E-state index is 13.4. The fourth-order valence-electron chi connectivity index (χ4n) is 1.47. The van der Waals surface area contributed by atoms with Crippen molar-refractivity contribution in [1.29, 1.82) is 0 Å². The van der Waals surface area contributed by atoms with Crippen LogP contribution in [0.5, 0.6) is 0 Å². The summed E-state index contributed by atoms with van der Waals surface area (Å²) in [6.07, 6.45) is -0.246. The van der Waals surface area contributed by atoms with Crippen molar-refractivity contribution >= 4 is 5.97 Å². The summed E-state index contributed by atoms with van der Waals surface area (Å²) in [4.78, 5) is 10.6. The Hall–Kier alpha value is -1.49. The molecule has 0 saturated carbocycles. The summed E-state index contributed by atoms with van der Waals surface area (Å²) in [5.74, 6) is -4.03. The Kier molecular flexibility index (Phi) is 4.17. The highest BCUT2D eigenvalue weighted by atomic mass is 19.3. The summed E-state index contributed by atoms with van der Waals surface area (Å²) in [7, 11) is 0. The number of carboxylic acids is 1. The molecular weight excluding hydrogens is 228 g/mol. The number of alkyl halides is 2. The van der Waals surface area contributed by atoms with E-state index >= 15 is 0 Å². The molecule has 0 aliphatic heterocycles. The van der Waals surface area contributed by atoms with Crippen molar-refractivity contribution in [3.8, 4) is 0 Å². The fourth-order valence-corrected chi connectivity index (χ4v) is 1.47. The lowest BCUT2D eigenvalue weighted by molar-refractivity contribution is -0.138. The van der Waals surface area contributed by atoms with E-state index in [0.717, 1.165) is 0 Å². The number of benzene rings is 1. The van der Waals surface area contributed by atoms with E-state index in [1.54, 1.807) is 6.07 Å². The molecule has 0 fully saturated rings. The molecule has 0 saturated heterocycles. The number of carboxylic acid groups (broad SMARTS) is 1. The van der Waals surface area contributed by atoms with Crippen molar-refractivity contribution in [3.05, 3.63) is 35.4 Å². The SMILES string of the molecule is CCC(F)(F)c1cccc(CC(N)C(=O)O)c1. The van der Waals surface area contributed by atoms with Gasteiger partial charge in [-0.1, -0.05) is 25.1 Å². The molecule has 0 aliphatic carbocycles. The average Bonchev–Trinajstić information content (AvgIpc) is 2.29. The Bertz CT molecular complexity index is 407. The van der Waals surface area contributed by atoms with Gasteiger partial charge in [0.25, 0.3) is 5.92 Å². The third-order valence-corrected chi connectivity index (χ3v) is 2.57. The molecule has 94 valence electrons. The Morgan fingerprint density at radius 3 is 2.71 bits per heavy atom. The molecule has 3 N–H and O–H groups in total. The molecule has 0 aromatic heterocycles. The van der Waals surface area contributed by atoms with Crippen molar-refractivity contribution in [3.63, 3.8) is 0 Å². The Morgan fingerprint density at radius 2 is 2.18 bits per heavy atom. The van der Waals surface area contributed by atoms with Gasteiger partial charge in [-0.05, 0) is 18.1 Å². The van der Waals surface area contributed by atoms with Crippen LogP contribution in [0.15, 0.2) is 24.3 Å². The molecular formula is C12H15F2NO2. The summed E-state index contributed by atoms with van der Waals surface area (Å²) in [5.41, 5.74) is 5.76. The zero-order valence-electron chi connectivity index (χ0n) is 9.49. The molecule has 0 heterocycles. The van der Waals surface area contributed by atoms with E-state index in [1.807, 2.05) is 0 Å². The van der Waals surface area contributed by atoms with Crippen molar-refractivity contribution in [2.24, 2.45) is 5.73 Å². The topological polar surface area (TPSA) is 63.3 Å². The quantitative estimate of drug-likeness (QED) is 0.832. The van der Waals surface area contributed by atoms with Gasteiger partial charge < -0.3 is 10.8 Å². The van der Waals surface area contributed by atoms with Crippen LogP contribution in [0.3, 0.4) is 0 Å². The molecule has 5 heteroatoms. The molecule has 1 aromatic rings. The number of nitrogens with two attached hydrogens (primary N) is 1. The second-order valence-corrected chi connectivity index (χ2v) is 3.91. The number of hydrogen-bond donors (Lipinski definition) is 2. The second kappa shape index (κ2) is 5.23. The van der Waals surface area contributed by atoms with Gasteiger partial charge in [-0.2, -0.15) is 0 Å². The van der Waals surface area contributed by atoms with Gasteiger partial charge in [-0.25, -0.2) is 8.78 Å². The summed E-state index contributed by atoms with van der Waals surface area (Å²) < 4.78 is 26.8. The van der Waals surface area contributed by atoms with Gasteiger partial charge in [0.1, 0.15) is 6.04 Å². The van der Waals surface area contributed by atoms with Crippen LogP contribution in [-0.4, -0.2) is 17.1 Å². The lowest BCUT2D eigenvalue weighted by Crippen LogP contribution is -2.32. The zero-order valence-corrected chi connectivity index (χ0v) is 9.49. The van der Waals surface area contributed by atoms with Crippen LogP contribution in [0.25, 0.3) is 0 Å². The molecule has 0 radical (unpaired) electrons. The zero-order chi connectivity index (χ0) is 13.1. The Labute approximate surface area is 98.2 Å². The molecule has 3 nitrogen and oxygen atoms in total. The van der Waals surface area contributed by atoms with Crippen molar-refractivity contribution < 1.29 is 18.7 Å². The minimum absolute atomic E-state index is 0.0446. The van der Waals surface area contributed by atoms with Gasteiger partial charge in [-0.3, -0.25) is 4.79 Å². The highest BCUT2D eigenvalue weighted by Gasteiger charge is 2.29. The van der Waals surface area contributed by atoms with Crippen molar-refractivity contribution in [2.75, 3.05) is 0 Å².